The van der Waals surface area contributed by atoms with Gasteiger partial charge in [0.15, 0.2) is 0 Å². The lowest BCUT2D eigenvalue weighted by molar-refractivity contribution is -0.139. The highest BCUT2D eigenvalue weighted by atomic mass is 32.1. The minimum absolute atomic E-state index is 0. The predicted octanol–water partition coefficient (Wildman–Crippen LogP) is 3.42. The lowest BCUT2D eigenvalue weighted by Crippen LogP contribution is -2.52. The first-order valence-corrected chi connectivity index (χ1v) is 13.8. The summed E-state index contributed by atoms with van der Waals surface area (Å²) in [7, 11) is 0. The number of carboxylic acids is 1. The van der Waals surface area contributed by atoms with Crippen LogP contribution < -0.4 is 16.0 Å². The molecule has 41 heavy (non-hydrogen) atoms. The van der Waals surface area contributed by atoms with Crippen molar-refractivity contribution < 1.29 is 9.90 Å². The van der Waals surface area contributed by atoms with Crippen molar-refractivity contribution in [3.8, 4) is 11.1 Å². The summed E-state index contributed by atoms with van der Waals surface area (Å²) < 4.78 is 0. The molecule has 0 saturated carbocycles. The number of aromatic nitrogens is 3. The lowest BCUT2D eigenvalue weighted by Gasteiger charge is -2.39. The Balaban J connectivity index is 0.00000231. The van der Waals surface area contributed by atoms with Crippen molar-refractivity contribution in [2.24, 2.45) is 5.73 Å². The van der Waals surface area contributed by atoms with E-state index >= 15 is 0 Å². The third kappa shape index (κ3) is 8.55. The maximum atomic E-state index is 11.1. The molecule has 2 aliphatic heterocycles. The minimum atomic E-state index is -0.768. The van der Waals surface area contributed by atoms with Crippen molar-refractivity contribution in [1.29, 1.82) is 0 Å². The van der Waals surface area contributed by atoms with E-state index in [1.807, 2.05) is 35.5 Å². The zero-order valence-corrected chi connectivity index (χ0v) is 25.5. The summed E-state index contributed by atoms with van der Waals surface area (Å²) in [5.74, 6) is 0.763. The highest BCUT2D eigenvalue weighted by molar-refractivity contribution is 7.59. The first-order valence-electron chi connectivity index (χ1n) is 13.8. The van der Waals surface area contributed by atoms with Gasteiger partial charge in [0, 0.05) is 74.6 Å². The molecule has 1 aromatic carbocycles. The number of carbonyl (C=O) groups is 1. The van der Waals surface area contributed by atoms with Crippen molar-refractivity contribution in [3.63, 3.8) is 0 Å². The molecule has 5 rings (SSSR count). The number of hydrogen-bond acceptors (Lipinski definition) is 9. The maximum Gasteiger partial charge on any atom is 0.317 e. The molecule has 10 nitrogen and oxygen atoms in total. The molecule has 12 heteroatoms. The molecule has 2 aliphatic rings. The molecular formula is C29H42N8O2S2. The number of nitrogens with two attached hydrogens (primary N) is 1. The largest absolute Gasteiger partial charge is 0.480 e. The monoisotopic (exact) mass is 598 g/mol. The summed E-state index contributed by atoms with van der Waals surface area (Å²) in [6.07, 6.45) is 8.83. The Bertz CT molecular complexity index is 1270. The Morgan fingerprint density at radius 2 is 1.88 bits per heavy atom. The van der Waals surface area contributed by atoms with Crippen LogP contribution in [0.1, 0.15) is 31.7 Å². The number of hydrogen-bond donors (Lipinski definition) is 3. The van der Waals surface area contributed by atoms with Crippen molar-refractivity contribution >= 4 is 50.4 Å². The Hall–Kier alpha value is -2.90. The Morgan fingerprint density at radius 1 is 1.07 bits per heavy atom. The van der Waals surface area contributed by atoms with Crippen molar-refractivity contribution in [2.45, 2.75) is 44.8 Å². The van der Waals surface area contributed by atoms with Crippen LogP contribution in [-0.4, -0.2) is 87.2 Å². The summed E-state index contributed by atoms with van der Waals surface area (Å²) in [4.78, 5) is 31.6. The van der Waals surface area contributed by atoms with E-state index in [2.05, 4.69) is 55.2 Å². The molecular weight excluding hydrogens is 557 g/mol. The van der Waals surface area contributed by atoms with E-state index < -0.39 is 5.97 Å². The molecule has 3 aromatic rings. The van der Waals surface area contributed by atoms with Crippen LogP contribution in [0.2, 0.25) is 0 Å². The van der Waals surface area contributed by atoms with Crippen LogP contribution in [0.4, 0.5) is 17.5 Å². The van der Waals surface area contributed by atoms with Crippen LogP contribution in [-0.2, 0) is 11.3 Å². The number of pyridine rings is 1. The highest BCUT2D eigenvalue weighted by Crippen LogP contribution is 2.27. The fourth-order valence-corrected chi connectivity index (χ4v) is 5.66. The number of nitrogens with one attached hydrogen (secondary N) is 1. The van der Waals surface area contributed by atoms with E-state index in [1.54, 1.807) is 6.20 Å². The fourth-order valence-electron chi connectivity index (χ4n) is 5.66. The third-order valence-electron chi connectivity index (χ3n) is 7.66. The molecule has 2 saturated heterocycles. The van der Waals surface area contributed by atoms with Crippen LogP contribution in [0, 0.1) is 0 Å². The van der Waals surface area contributed by atoms with E-state index in [0.717, 1.165) is 80.6 Å². The highest BCUT2D eigenvalue weighted by Gasteiger charge is 2.26. The van der Waals surface area contributed by atoms with E-state index in [4.69, 9.17) is 10.8 Å². The normalized spacial score (nSPS) is 19.3. The number of anilines is 3. The standard InChI is InChI=1S/C29H38N8O2.2H2S/c1-21-18-35(20-28(38)39)12-13-36(21)19-22-4-2-5-25(14-22)34-27-15-23(8-10-31-27)24-16-32-29(33-17-24)37-11-3-6-26(37)7-9-30;;/h2,4-5,8,10,14-17,21,26H,3,6-7,9,11-13,18-20,30H2,1H3,(H,31,34)(H,38,39);2*1H2. The van der Waals surface area contributed by atoms with Gasteiger partial charge in [-0.05, 0) is 68.1 Å². The number of carboxylic acid groups (broad SMARTS) is 1. The number of piperazine rings is 1. The van der Waals surface area contributed by atoms with Gasteiger partial charge in [-0.15, -0.1) is 0 Å². The molecule has 4 N–H and O–H groups in total. The van der Waals surface area contributed by atoms with Gasteiger partial charge in [-0.1, -0.05) is 12.1 Å². The van der Waals surface area contributed by atoms with E-state index in [0.29, 0.717) is 18.6 Å². The average molecular weight is 599 g/mol. The first-order chi connectivity index (χ1) is 19.0. The summed E-state index contributed by atoms with van der Waals surface area (Å²) in [5.41, 5.74) is 9.92. The zero-order valence-electron chi connectivity index (χ0n) is 23.5. The second kappa shape index (κ2) is 15.4. The van der Waals surface area contributed by atoms with Gasteiger partial charge in [-0.2, -0.15) is 27.0 Å². The average Bonchev–Trinajstić information content (AvgIpc) is 3.39. The van der Waals surface area contributed by atoms with Gasteiger partial charge in [0.05, 0.1) is 6.54 Å². The molecule has 2 atom stereocenters. The van der Waals surface area contributed by atoms with E-state index in [-0.39, 0.29) is 33.5 Å². The molecule has 0 radical (unpaired) electrons. The van der Waals surface area contributed by atoms with Gasteiger partial charge in [-0.25, -0.2) is 15.0 Å². The molecule has 222 valence electrons. The summed E-state index contributed by atoms with van der Waals surface area (Å²) in [5, 5.41) is 12.5. The summed E-state index contributed by atoms with van der Waals surface area (Å²) in [6, 6.07) is 13.1. The second-order valence-electron chi connectivity index (χ2n) is 10.5. The quantitative estimate of drug-likeness (QED) is 0.320. The van der Waals surface area contributed by atoms with Gasteiger partial charge in [0.1, 0.15) is 5.82 Å². The number of aliphatic carboxylic acids is 1. The molecule has 0 spiro atoms. The molecule has 0 bridgehead atoms. The lowest BCUT2D eigenvalue weighted by atomic mass is 10.1. The second-order valence-corrected chi connectivity index (χ2v) is 10.5. The number of nitrogens with zero attached hydrogens (tertiary/aromatic N) is 6. The van der Waals surface area contributed by atoms with Gasteiger partial charge in [-0.3, -0.25) is 14.6 Å². The van der Waals surface area contributed by atoms with E-state index in [1.165, 1.54) is 5.56 Å². The molecule has 4 heterocycles. The zero-order chi connectivity index (χ0) is 27.2. The maximum absolute atomic E-state index is 11.1. The minimum Gasteiger partial charge on any atom is -0.480 e. The molecule has 0 aliphatic carbocycles. The van der Waals surface area contributed by atoms with Crippen molar-refractivity contribution in [3.05, 3.63) is 60.6 Å². The SMILES string of the molecule is CC1CN(CC(=O)O)CCN1Cc1cccc(Nc2cc(-c3cnc(N4CCCC4CCN)nc3)ccn2)c1.S.S. The number of benzene rings is 1. The Morgan fingerprint density at radius 3 is 2.61 bits per heavy atom. The van der Waals surface area contributed by atoms with Crippen LogP contribution in [0.15, 0.2) is 55.0 Å². The molecule has 2 fully saturated rings. The Kier molecular flexibility index (Phi) is 12.2. The topological polar surface area (TPSA) is 124 Å². The van der Waals surface area contributed by atoms with Crippen LogP contribution in [0.5, 0.6) is 0 Å². The number of rotatable bonds is 10. The van der Waals surface area contributed by atoms with Gasteiger partial charge < -0.3 is 21.1 Å². The van der Waals surface area contributed by atoms with Gasteiger partial charge in [0.2, 0.25) is 5.95 Å². The molecule has 2 aromatic heterocycles. The third-order valence-corrected chi connectivity index (χ3v) is 7.66. The van der Waals surface area contributed by atoms with Crippen LogP contribution >= 0.6 is 27.0 Å². The van der Waals surface area contributed by atoms with Crippen molar-refractivity contribution in [1.82, 2.24) is 24.8 Å². The van der Waals surface area contributed by atoms with E-state index in [9.17, 15) is 4.79 Å². The van der Waals surface area contributed by atoms with Gasteiger partial charge in [0.25, 0.3) is 0 Å². The summed E-state index contributed by atoms with van der Waals surface area (Å²) in [6.45, 7) is 7.12. The Labute approximate surface area is 256 Å². The smallest absolute Gasteiger partial charge is 0.317 e. The van der Waals surface area contributed by atoms with Crippen LogP contribution in [0.3, 0.4) is 0 Å². The molecule has 0 amide bonds. The molecule has 2 unspecified atom stereocenters. The fraction of sp³-hybridized carbons (Fsp3) is 0.448. The predicted molar refractivity (Wildman–Crippen MR) is 174 cm³/mol. The van der Waals surface area contributed by atoms with Gasteiger partial charge >= 0.3 is 5.97 Å². The van der Waals surface area contributed by atoms with Crippen LogP contribution in [0.25, 0.3) is 11.1 Å². The summed E-state index contributed by atoms with van der Waals surface area (Å²) >= 11 is 0. The first kappa shape index (κ1) is 32.6. The van der Waals surface area contributed by atoms with Crippen molar-refractivity contribution in [2.75, 3.05) is 49.5 Å².